The average molecular weight is 345 g/mol. The van der Waals surface area contributed by atoms with Gasteiger partial charge >= 0.3 is 0 Å². The van der Waals surface area contributed by atoms with E-state index >= 15 is 0 Å². The SMILES string of the molecule is CCSc1cnn(-c2c(Cl)cncc2Cl)c1NC(=O)CC. The first-order valence-electron chi connectivity index (χ1n) is 6.38. The fraction of sp³-hybridized carbons (Fsp3) is 0.308. The van der Waals surface area contributed by atoms with Crippen molar-refractivity contribution < 1.29 is 4.79 Å². The second-order valence-electron chi connectivity index (χ2n) is 4.06. The highest BCUT2D eigenvalue weighted by molar-refractivity contribution is 7.99. The summed E-state index contributed by atoms with van der Waals surface area (Å²) in [5.74, 6) is 1.33. The molecule has 2 aromatic rings. The Kier molecular flexibility index (Phi) is 5.50. The van der Waals surface area contributed by atoms with Crippen LogP contribution in [0.2, 0.25) is 10.0 Å². The Morgan fingerprint density at radius 3 is 2.52 bits per heavy atom. The number of anilines is 1. The predicted octanol–water partition coefficient (Wildman–Crippen LogP) is 4.03. The van der Waals surface area contributed by atoms with Crippen molar-refractivity contribution in [3.63, 3.8) is 0 Å². The average Bonchev–Trinajstić information content (AvgIpc) is 2.82. The minimum atomic E-state index is -0.101. The Balaban J connectivity index is 2.55. The van der Waals surface area contributed by atoms with E-state index in [1.807, 2.05) is 6.92 Å². The maximum absolute atomic E-state index is 11.7. The van der Waals surface area contributed by atoms with Crippen LogP contribution in [0.15, 0.2) is 23.5 Å². The van der Waals surface area contributed by atoms with E-state index in [9.17, 15) is 4.79 Å². The third-order valence-electron chi connectivity index (χ3n) is 2.65. The van der Waals surface area contributed by atoms with Gasteiger partial charge in [-0.15, -0.1) is 11.8 Å². The zero-order valence-electron chi connectivity index (χ0n) is 11.6. The maximum Gasteiger partial charge on any atom is 0.225 e. The minimum Gasteiger partial charge on any atom is -0.310 e. The highest BCUT2D eigenvalue weighted by atomic mass is 35.5. The monoisotopic (exact) mass is 344 g/mol. The number of carbonyl (C=O) groups excluding carboxylic acids is 1. The van der Waals surface area contributed by atoms with Crippen LogP contribution in [0.3, 0.4) is 0 Å². The summed E-state index contributed by atoms with van der Waals surface area (Å²) in [7, 11) is 0. The van der Waals surface area contributed by atoms with Crippen LogP contribution >= 0.6 is 35.0 Å². The molecule has 0 aliphatic rings. The van der Waals surface area contributed by atoms with E-state index in [1.54, 1.807) is 24.9 Å². The summed E-state index contributed by atoms with van der Waals surface area (Å²) in [5.41, 5.74) is 0.502. The standard InChI is InChI=1S/C13H14Cl2N4OS/c1-3-11(20)18-13-10(21-4-2)7-17-19(13)12-8(14)5-16-6-9(12)15/h5-7H,3-4H2,1-2H3,(H,18,20). The fourth-order valence-electron chi connectivity index (χ4n) is 1.71. The molecule has 5 nitrogen and oxygen atoms in total. The van der Waals surface area contributed by atoms with Crippen molar-refractivity contribution in [2.75, 3.05) is 11.1 Å². The van der Waals surface area contributed by atoms with Crippen LogP contribution in [0.25, 0.3) is 5.69 Å². The highest BCUT2D eigenvalue weighted by Gasteiger charge is 2.18. The lowest BCUT2D eigenvalue weighted by molar-refractivity contribution is -0.115. The van der Waals surface area contributed by atoms with Gasteiger partial charge in [-0.2, -0.15) is 5.10 Å². The molecule has 8 heteroatoms. The zero-order valence-corrected chi connectivity index (χ0v) is 13.9. The number of hydrogen-bond acceptors (Lipinski definition) is 4. The molecule has 0 radical (unpaired) electrons. The molecule has 112 valence electrons. The van der Waals surface area contributed by atoms with Gasteiger partial charge in [0, 0.05) is 18.8 Å². The molecule has 0 aliphatic heterocycles. The molecule has 2 rings (SSSR count). The fourth-order valence-corrected chi connectivity index (χ4v) is 2.94. The number of halogens is 2. The lowest BCUT2D eigenvalue weighted by Gasteiger charge is -2.12. The van der Waals surface area contributed by atoms with Crippen LogP contribution < -0.4 is 5.32 Å². The Labute approximate surface area is 137 Å². The van der Waals surface area contributed by atoms with Crippen LogP contribution in [0, 0.1) is 0 Å². The summed E-state index contributed by atoms with van der Waals surface area (Å²) in [6.07, 6.45) is 5.04. The molecule has 2 heterocycles. The number of carbonyl (C=O) groups is 1. The molecule has 0 unspecified atom stereocenters. The van der Waals surface area contributed by atoms with Crippen molar-refractivity contribution >= 4 is 46.7 Å². The second-order valence-corrected chi connectivity index (χ2v) is 6.18. The Morgan fingerprint density at radius 1 is 1.29 bits per heavy atom. The van der Waals surface area contributed by atoms with Gasteiger partial charge in [0.2, 0.25) is 5.91 Å². The predicted molar refractivity (Wildman–Crippen MR) is 86.7 cm³/mol. The molecule has 2 aromatic heterocycles. The van der Waals surface area contributed by atoms with Crippen LogP contribution in [0.1, 0.15) is 20.3 Å². The van der Waals surface area contributed by atoms with Gasteiger partial charge in [0.1, 0.15) is 11.5 Å². The zero-order chi connectivity index (χ0) is 15.4. The van der Waals surface area contributed by atoms with Crippen molar-refractivity contribution in [1.82, 2.24) is 14.8 Å². The third kappa shape index (κ3) is 3.51. The molecule has 21 heavy (non-hydrogen) atoms. The van der Waals surface area contributed by atoms with E-state index in [4.69, 9.17) is 23.2 Å². The lowest BCUT2D eigenvalue weighted by Crippen LogP contribution is -2.14. The van der Waals surface area contributed by atoms with Gasteiger partial charge in [0.15, 0.2) is 0 Å². The van der Waals surface area contributed by atoms with Crippen molar-refractivity contribution in [3.05, 3.63) is 28.6 Å². The lowest BCUT2D eigenvalue weighted by atomic mass is 10.4. The summed E-state index contributed by atoms with van der Waals surface area (Å²) >= 11 is 13.9. The number of rotatable bonds is 5. The van der Waals surface area contributed by atoms with Gasteiger partial charge in [-0.1, -0.05) is 37.0 Å². The van der Waals surface area contributed by atoms with E-state index in [0.29, 0.717) is 28.0 Å². The molecule has 0 aliphatic carbocycles. The first kappa shape index (κ1) is 16.1. The van der Waals surface area contributed by atoms with E-state index in [1.165, 1.54) is 17.1 Å². The Bertz CT molecular complexity index is 639. The quantitative estimate of drug-likeness (QED) is 0.831. The van der Waals surface area contributed by atoms with E-state index < -0.39 is 0 Å². The van der Waals surface area contributed by atoms with Crippen molar-refractivity contribution in [1.29, 1.82) is 0 Å². The second kappa shape index (κ2) is 7.15. The number of hydrogen-bond donors (Lipinski definition) is 1. The number of nitrogens with one attached hydrogen (secondary N) is 1. The van der Waals surface area contributed by atoms with Gasteiger partial charge in [-0.05, 0) is 5.75 Å². The Morgan fingerprint density at radius 2 is 1.95 bits per heavy atom. The minimum absolute atomic E-state index is 0.101. The number of nitrogens with zero attached hydrogens (tertiary/aromatic N) is 3. The Hall–Kier alpha value is -1.24. The van der Waals surface area contributed by atoms with Gasteiger partial charge < -0.3 is 5.32 Å². The molecule has 0 fully saturated rings. The molecule has 1 amide bonds. The van der Waals surface area contributed by atoms with Crippen molar-refractivity contribution in [2.24, 2.45) is 0 Å². The number of amides is 1. The van der Waals surface area contributed by atoms with Gasteiger partial charge in [0.05, 0.1) is 21.1 Å². The molecule has 0 saturated carbocycles. The van der Waals surface area contributed by atoms with Crippen molar-refractivity contribution in [3.8, 4) is 5.69 Å². The molecule has 0 saturated heterocycles. The highest BCUT2D eigenvalue weighted by Crippen LogP contribution is 2.34. The number of pyridine rings is 1. The van der Waals surface area contributed by atoms with E-state index in [-0.39, 0.29) is 5.91 Å². The summed E-state index contributed by atoms with van der Waals surface area (Å²) in [6.45, 7) is 3.81. The molecule has 0 atom stereocenters. The van der Waals surface area contributed by atoms with E-state index in [2.05, 4.69) is 15.4 Å². The number of thioether (sulfide) groups is 1. The largest absolute Gasteiger partial charge is 0.310 e. The smallest absolute Gasteiger partial charge is 0.225 e. The van der Waals surface area contributed by atoms with Gasteiger partial charge in [-0.25, -0.2) is 4.68 Å². The number of aromatic nitrogens is 3. The topological polar surface area (TPSA) is 59.8 Å². The van der Waals surface area contributed by atoms with Crippen LogP contribution in [0.4, 0.5) is 5.82 Å². The first-order chi connectivity index (χ1) is 10.1. The molecule has 0 spiro atoms. The molecular formula is C13H14Cl2N4OS. The van der Waals surface area contributed by atoms with E-state index in [0.717, 1.165) is 10.6 Å². The molecule has 0 bridgehead atoms. The summed E-state index contributed by atoms with van der Waals surface area (Å²) in [6, 6.07) is 0. The molecular weight excluding hydrogens is 331 g/mol. The van der Waals surface area contributed by atoms with Gasteiger partial charge in [-0.3, -0.25) is 9.78 Å². The summed E-state index contributed by atoms with van der Waals surface area (Å²) in [4.78, 5) is 16.5. The molecule has 0 aromatic carbocycles. The van der Waals surface area contributed by atoms with Crippen LogP contribution in [-0.2, 0) is 4.79 Å². The van der Waals surface area contributed by atoms with Gasteiger partial charge in [0.25, 0.3) is 0 Å². The molecule has 1 N–H and O–H groups in total. The summed E-state index contributed by atoms with van der Waals surface area (Å²) < 4.78 is 1.54. The normalized spacial score (nSPS) is 10.7. The third-order valence-corrected chi connectivity index (χ3v) is 4.11. The first-order valence-corrected chi connectivity index (χ1v) is 8.12. The van der Waals surface area contributed by atoms with Crippen molar-refractivity contribution in [2.45, 2.75) is 25.2 Å². The van der Waals surface area contributed by atoms with Crippen LogP contribution in [-0.4, -0.2) is 26.4 Å². The summed E-state index contributed by atoms with van der Waals surface area (Å²) in [5, 5.41) is 7.88. The van der Waals surface area contributed by atoms with Crippen LogP contribution in [0.5, 0.6) is 0 Å². The maximum atomic E-state index is 11.7.